The van der Waals surface area contributed by atoms with E-state index in [1.54, 1.807) is 0 Å². The Hall–Kier alpha value is -0.320. The van der Waals surface area contributed by atoms with Gasteiger partial charge in [-0.25, -0.2) is 0 Å². The molecule has 0 aromatic heterocycles. The van der Waals surface area contributed by atoms with E-state index in [2.05, 4.69) is 15.1 Å². The van der Waals surface area contributed by atoms with Crippen LogP contribution in [-0.2, 0) is 4.79 Å². The highest BCUT2D eigenvalue weighted by atomic mass is 35.5. The molecule has 5 heteroatoms. The molecular weight excluding hydrogens is 250 g/mol. The number of halogens is 1. The number of carbonyl (C=O) groups is 1. The van der Waals surface area contributed by atoms with Crippen LogP contribution in [0.1, 0.15) is 25.7 Å². The molecule has 4 nitrogen and oxygen atoms in total. The highest BCUT2D eigenvalue weighted by molar-refractivity contribution is 5.85. The van der Waals surface area contributed by atoms with Crippen LogP contribution in [0.4, 0.5) is 0 Å². The molecule has 3 rings (SSSR count). The van der Waals surface area contributed by atoms with Crippen molar-refractivity contribution >= 4 is 18.3 Å². The van der Waals surface area contributed by atoms with Crippen molar-refractivity contribution < 1.29 is 4.79 Å². The fourth-order valence-corrected chi connectivity index (χ4v) is 3.01. The van der Waals surface area contributed by atoms with Crippen LogP contribution in [0.5, 0.6) is 0 Å². The van der Waals surface area contributed by atoms with E-state index < -0.39 is 0 Å². The smallest absolute Gasteiger partial charge is 0.222 e. The Balaban J connectivity index is 0.00000120. The third kappa shape index (κ3) is 3.37. The number of nitrogens with one attached hydrogen (secondary N) is 1. The average Bonchev–Trinajstić information content (AvgIpc) is 3.04. The van der Waals surface area contributed by atoms with Gasteiger partial charge >= 0.3 is 0 Å². The van der Waals surface area contributed by atoms with Crippen LogP contribution in [0.3, 0.4) is 0 Å². The Morgan fingerprint density at radius 1 is 1.11 bits per heavy atom. The summed E-state index contributed by atoms with van der Waals surface area (Å²) >= 11 is 0. The van der Waals surface area contributed by atoms with E-state index in [9.17, 15) is 4.79 Å². The molecular formula is C13H24ClN3O. The normalized spacial score (nSPS) is 29.1. The zero-order valence-electron chi connectivity index (χ0n) is 10.9. The van der Waals surface area contributed by atoms with E-state index in [-0.39, 0.29) is 12.4 Å². The quantitative estimate of drug-likeness (QED) is 0.823. The summed E-state index contributed by atoms with van der Waals surface area (Å²) in [4.78, 5) is 16.7. The Morgan fingerprint density at radius 3 is 2.50 bits per heavy atom. The SMILES string of the molecule is Cl.O=C(CC1CC1)N1CCC(N2CCNCC2)C1. The molecule has 3 aliphatic rings. The summed E-state index contributed by atoms with van der Waals surface area (Å²) < 4.78 is 0. The van der Waals surface area contributed by atoms with E-state index in [0.717, 1.165) is 51.6 Å². The van der Waals surface area contributed by atoms with Crippen LogP contribution in [0, 0.1) is 5.92 Å². The first-order chi connectivity index (χ1) is 8.33. The summed E-state index contributed by atoms with van der Waals surface area (Å²) in [5, 5.41) is 3.38. The maximum absolute atomic E-state index is 12.0. The molecule has 1 aliphatic carbocycles. The predicted octanol–water partition coefficient (Wildman–Crippen LogP) is 0.714. The molecule has 1 amide bonds. The Kier molecular flexibility index (Phi) is 4.87. The average molecular weight is 274 g/mol. The molecule has 2 saturated heterocycles. The van der Waals surface area contributed by atoms with Gasteiger partial charge in [0.05, 0.1) is 0 Å². The number of amides is 1. The van der Waals surface area contributed by atoms with Crippen LogP contribution < -0.4 is 5.32 Å². The fraction of sp³-hybridized carbons (Fsp3) is 0.923. The molecule has 1 atom stereocenters. The number of likely N-dealkylation sites (tertiary alicyclic amines) is 1. The Bertz CT molecular complexity index is 290. The molecule has 1 unspecified atom stereocenters. The van der Waals surface area contributed by atoms with Gasteiger partial charge in [0.15, 0.2) is 0 Å². The first-order valence-electron chi connectivity index (χ1n) is 7.05. The summed E-state index contributed by atoms with van der Waals surface area (Å²) in [5.74, 6) is 1.13. The largest absolute Gasteiger partial charge is 0.341 e. The molecule has 0 radical (unpaired) electrons. The molecule has 3 fully saturated rings. The van der Waals surface area contributed by atoms with Crippen molar-refractivity contribution in [3.05, 3.63) is 0 Å². The minimum atomic E-state index is 0. The molecule has 2 heterocycles. The number of nitrogens with zero attached hydrogens (tertiary/aromatic N) is 2. The van der Waals surface area contributed by atoms with E-state index >= 15 is 0 Å². The first kappa shape index (κ1) is 14.1. The van der Waals surface area contributed by atoms with E-state index in [1.807, 2.05) is 0 Å². The lowest BCUT2D eigenvalue weighted by atomic mass is 10.2. The van der Waals surface area contributed by atoms with Crippen molar-refractivity contribution in [2.75, 3.05) is 39.3 Å². The molecule has 0 aromatic rings. The molecule has 18 heavy (non-hydrogen) atoms. The van der Waals surface area contributed by atoms with Crippen molar-refractivity contribution in [3.63, 3.8) is 0 Å². The Morgan fingerprint density at radius 2 is 1.83 bits per heavy atom. The molecule has 1 saturated carbocycles. The van der Waals surface area contributed by atoms with Crippen molar-refractivity contribution in [1.29, 1.82) is 0 Å². The summed E-state index contributed by atoms with van der Waals surface area (Å²) in [6, 6.07) is 0.625. The van der Waals surface area contributed by atoms with Crippen LogP contribution in [-0.4, -0.2) is 61.0 Å². The maximum Gasteiger partial charge on any atom is 0.222 e. The molecule has 104 valence electrons. The number of piperazine rings is 1. The van der Waals surface area contributed by atoms with Crippen LogP contribution in [0.2, 0.25) is 0 Å². The van der Waals surface area contributed by atoms with Gasteiger partial charge < -0.3 is 10.2 Å². The first-order valence-corrected chi connectivity index (χ1v) is 7.05. The van der Waals surface area contributed by atoms with Gasteiger partial charge in [0.1, 0.15) is 0 Å². The highest BCUT2D eigenvalue weighted by Crippen LogP contribution is 2.33. The molecule has 0 aromatic carbocycles. The highest BCUT2D eigenvalue weighted by Gasteiger charge is 2.33. The van der Waals surface area contributed by atoms with Gasteiger partial charge in [-0.15, -0.1) is 12.4 Å². The van der Waals surface area contributed by atoms with E-state index in [4.69, 9.17) is 0 Å². The third-order valence-corrected chi connectivity index (χ3v) is 4.34. The summed E-state index contributed by atoms with van der Waals surface area (Å²) in [5.41, 5.74) is 0. The van der Waals surface area contributed by atoms with Crippen molar-refractivity contribution in [2.24, 2.45) is 5.92 Å². The number of hydrogen-bond acceptors (Lipinski definition) is 3. The Labute approximate surface area is 115 Å². The van der Waals surface area contributed by atoms with Gasteiger partial charge in [0.25, 0.3) is 0 Å². The molecule has 0 bridgehead atoms. The second kappa shape index (κ2) is 6.22. The zero-order chi connectivity index (χ0) is 11.7. The topological polar surface area (TPSA) is 35.6 Å². The predicted molar refractivity (Wildman–Crippen MR) is 74.0 cm³/mol. The van der Waals surface area contributed by atoms with E-state index in [0.29, 0.717) is 11.9 Å². The van der Waals surface area contributed by atoms with Gasteiger partial charge in [-0.3, -0.25) is 9.69 Å². The van der Waals surface area contributed by atoms with Gasteiger partial charge in [-0.2, -0.15) is 0 Å². The number of carbonyl (C=O) groups excluding carboxylic acids is 1. The van der Waals surface area contributed by atoms with Gasteiger partial charge in [-0.05, 0) is 25.2 Å². The fourth-order valence-electron chi connectivity index (χ4n) is 3.01. The molecule has 2 aliphatic heterocycles. The van der Waals surface area contributed by atoms with Crippen molar-refractivity contribution in [3.8, 4) is 0 Å². The minimum Gasteiger partial charge on any atom is -0.341 e. The summed E-state index contributed by atoms with van der Waals surface area (Å²) in [6.45, 7) is 6.47. The van der Waals surface area contributed by atoms with Crippen LogP contribution in [0.25, 0.3) is 0 Å². The number of hydrogen-bond donors (Lipinski definition) is 1. The molecule has 1 N–H and O–H groups in total. The van der Waals surface area contributed by atoms with Gasteiger partial charge in [0, 0.05) is 51.7 Å². The van der Waals surface area contributed by atoms with Crippen LogP contribution in [0.15, 0.2) is 0 Å². The zero-order valence-corrected chi connectivity index (χ0v) is 11.8. The van der Waals surface area contributed by atoms with Gasteiger partial charge in [-0.1, -0.05) is 0 Å². The second-order valence-electron chi connectivity index (χ2n) is 5.72. The maximum atomic E-state index is 12.0. The monoisotopic (exact) mass is 273 g/mol. The van der Waals surface area contributed by atoms with Crippen LogP contribution >= 0.6 is 12.4 Å². The summed E-state index contributed by atoms with van der Waals surface area (Å²) in [6.07, 6.45) is 4.55. The van der Waals surface area contributed by atoms with Crippen molar-refractivity contribution in [1.82, 2.24) is 15.1 Å². The van der Waals surface area contributed by atoms with E-state index in [1.165, 1.54) is 19.3 Å². The standard InChI is InChI=1S/C13H23N3O.ClH/c17-13(9-11-1-2-11)16-6-3-12(10-16)15-7-4-14-5-8-15;/h11-12,14H,1-10H2;1H. The lowest BCUT2D eigenvalue weighted by Gasteiger charge is -2.32. The summed E-state index contributed by atoms with van der Waals surface area (Å²) in [7, 11) is 0. The third-order valence-electron chi connectivity index (χ3n) is 4.34. The second-order valence-corrected chi connectivity index (χ2v) is 5.72. The lowest BCUT2D eigenvalue weighted by Crippen LogP contribution is -2.49. The van der Waals surface area contributed by atoms with Gasteiger partial charge in [0.2, 0.25) is 5.91 Å². The van der Waals surface area contributed by atoms with Crippen molar-refractivity contribution in [2.45, 2.75) is 31.7 Å². The molecule has 0 spiro atoms. The minimum absolute atomic E-state index is 0. The lowest BCUT2D eigenvalue weighted by molar-refractivity contribution is -0.130. The number of rotatable bonds is 3.